The van der Waals surface area contributed by atoms with E-state index < -0.39 is 33.4 Å². The van der Waals surface area contributed by atoms with Crippen LogP contribution in [0.15, 0.2) is 110 Å². The number of carbonyl (C=O) groups is 3. The predicted octanol–water partition coefficient (Wildman–Crippen LogP) is 4.84. The Morgan fingerprint density at radius 2 is 1.65 bits per heavy atom. The predicted molar refractivity (Wildman–Crippen MR) is 190 cm³/mol. The molecule has 1 aromatic heterocycles. The molecule has 49 heavy (non-hydrogen) atoms. The average molecular weight is 677 g/mol. The lowest BCUT2D eigenvalue weighted by atomic mass is 9.66. The van der Waals surface area contributed by atoms with Crippen molar-refractivity contribution in [2.75, 3.05) is 24.6 Å². The first-order valence-corrected chi connectivity index (χ1v) is 17.4. The molecule has 0 saturated carbocycles. The second-order valence-electron chi connectivity index (χ2n) is 13.2. The van der Waals surface area contributed by atoms with Gasteiger partial charge in [0.1, 0.15) is 18.2 Å². The summed E-state index contributed by atoms with van der Waals surface area (Å²) in [5.41, 5.74) is 2.92. The summed E-state index contributed by atoms with van der Waals surface area (Å²) in [5.74, 6) is -2.19. The van der Waals surface area contributed by atoms with Crippen LogP contribution in [0.5, 0.6) is 0 Å². The van der Waals surface area contributed by atoms with Gasteiger partial charge in [0, 0.05) is 23.5 Å². The topological polar surface area (TPSA) is 112 Å². The summed E-state index contributed by atoms with van der Waals surface area (Å²) in [5, 5.41) is 19.6. The third-order valence-corrected chi connectivity index (χ3v) is 12.4. The van der Waals surface area contributed by atoms with E-state index in [9.17, 15) is 9.90 Å². The van der Waals surface area contributed by atoms with Crippen LogP contribution in [0.2, 0.25) is 0 Å². The molecule has 3 amide bonds. The van der Waals surface area contributed by atoms with E-state index in [1.54, 1.807) is 43.3 Å². The number of para-hydroxylation sites is 2. The van der Waals surface area contributed by atoms with Crippen molar-refractivity contribution in [2.45, 2.75) is 48.0 Å². The second kappa shape index (κ2) is 12.9. The van der Waals surface area contributed by atoms with E-state index in [1.165, 1.54) is 0 Å². The first kappa shape index (κ1) is 32.8. The SMILES string of the molecule is C=CCN(Cn1nnc2ccccc21)C(=O)C1N([C@H](CO)c2ccccc2)C(=O)[C@@H]2[C@@H](C(=O)N(CC=C)c3ccccc3)[C@@]3(C)CCC12S3. The van der Waals surface area contributed by atoms with Gasteiger partial charge < -0.3 is 19.8 Å². The van der Waals surface area contributed by atoms with Crippen LogP contribution in [0.4, 0.5) is 5.69 Å². The molecule has 6 atom stereocenters. The summed E-state index contributed by atoms with van der Waals surface area (Å²) < 4.78 is 0.197. The summed E-state index contributed by atoms with van der Waals surface area (Å²) in [6, 6.07) is 24.5. The first-order valence-electron chi connectivity index (χ1n) is 16.6. The van der Waals surface area contributed by atoms with Gasteiger partial charge in [-0.3, -0.25) is 14.4 Å². The summed E-state index contributed by atoms with van der Waals surface area (Å²) in [6.45, 7) is 10.1. The van der Waals surface area contributed by atoms with E-state index in [0.29, 0.717) is 18.4 Å². The molecule has 0 radical (unpaired) electrons. The number of carbonyl (C=O) groups excluding carboxylic acids is 3. The Morgan fingerprint density at radius 3 is 2.35 bits per heavy atom. The molecule has 3 aliphatic rings. The molecule has 4 heterocycles. The number of fused-ring (bicyclic) bond motifs is 2. The Bertz CT molecular complexity index is 1900. The quantitative estimate of drug-likeness (QED) is 0.214. The molecule has 11 heteroatoms. The summed E-state index contributed by atoms with van der Waals surface area (Å²) in [4.78, 5) is 50.0. The number of aliphatic hydroxyl groups excluding tert-OH is 1. The van der Waals surface area contributed by atoms with Gasteiger partial charge in [-0.15, -0.1) is 30.0 Å². The Morgan fingerprint density at radius 1 is 0.980 bits per heavy atom. The zero-order chi connectivity index (χ0) is 34.3. The number of aliphatic hydroxyl groups is 1. The zero-order valence-electron chi connectivity index (χ0n) is 27.5. The molecule has 3 saturated heterocycles. The lowest BCUT2D eigenvalue weighted by molar-refractivity contribution is -0.146. The molecular formula is C38H40N6O4S. The van der Waals surface area contributed by atoms with Crippen LogP contribution >= 0.6 is 11.8 Å². The van der Waals surface area contributed by atoms with Crippen LogP contribution in [-0.2, 0) is 21.1 Å². The fourth-order valence-corrected chi connectivity index (χ4v) is 10.7. The fourth-order valence-electron chi connectivity index (χ4n) is 8.34. The van der Waals surface area contributed by atoms with Crippen molar-refractivity contribution in [3.05, 3.63) is 116 Å². The molecule has 10 nitrogen and oxygen atoms in total. The van der Waals surface area contributed by atoms with Crippen LogP contribution in [0, 0.1) is 11.8 Å². The molecule has 252 valence electrons. The van der Waals surface area contributed by atoms with Crippen molar-refractivity contribution in [1.82, 2.24) is 24.8 Å². The lowest BCUT2D eigenvalue weighted by Gasteiger charge is -2.39. The molecule has 2 unspecified atom stereocenters. The van der Waals surface area contributed by atoms with E-state index in [0.717, 1.165) is 16.8 Å². The fraction of sp³-hybridized carbons (Fsp3) is 0.342. The molecule has 3 fully saturated rings. The van der Waals surface area contributed by atoms with Gasteiger partial charge in [-0.05, 0) is 49.6 Å². The molecule has 3 aliphatic heterocycles. The molecule has 1 N–H and O–H groups in total. The number of likely N-dealkylation sites (tertiary alicyclic amines) is 1. The van der Waals surface area contributed by atoms with E-state index in [2.05, 4.69) is 30.4 Å². The highest BCUT2D eigenvalue weighted by Crippen LogP contribution is 2.72. The van der Waals surface area contributed by atoms with Gasteiger partial charge in [0.25, 0.3) is 0 Å². The molecule has 1 spiro atoms. The van der Waals surface area contributed by atoms with E-state index in [4.69, 9.17) is 0 Å². The molecule has 0 aliphatic carbocycles. The van der Waals surface area contributed by atoms with Crippen molar-refractivity contribution in [3.8, 4) is 0 Å². The van der Waals surface area contributed by atoms with E-state index in [1.807, 2.05) is 84.9 Å². The van der Waals surface area contributed by atoms with Crippen LogP contribution in [0.3, 0.4) is 0 Å². The van der Waals surface area contributed by atoms with Crippen LogP contribution in [0.1, 0.15) is 31.4 Å². The minimum atomic E-state index is -0.953. The number of thioether (sulfide) groups is 1. The van der Waals surface area contributed by atoms with E-state index >= 15 is 9.59 Å². The highest BCUT2D eigenvalue weighted by molar-refractivity contribution is 8.02. The average Bonchev–Trinajstić information content (AvgIpc) is 3.83. The van der Waals surface area contributed by atoms with Gasteiger partial charge in [0.2, 0.25) is 17.7 Å². The standard InChI is InChI=1S/C38H40N6O4S/c1-4-22-41(25-43-29-19-13-12-18-28(29)39-40-43)36(48)33-38-21-20-37(3,49-38)31(34(46)42(23-5-2)27-16-10-7-11-17-27)32(38)35(47)44(33)30(24-45)26-14-8-6-9-15-26/h4-19,30-33,45H,1-2,20-25H2,3H3/t30-,31+,32+,33?,37-,38?/m1/s1. The van der Waals surface area contributed by atoms with Gasteiger partial charge in [-0.25, -0.2) is 4.68 Å². The number of amides is 3. The zero-order valence-corrected chi connectivity index (χ0v) is 28.3. The summed E-state index contributed by atoms with van der Waals surface area (Å²) in [7, 11) is 0. The maximum absolute atomic E-state index is 15.2. The molecular weight excluding hydrogens is 637 g/mol. The number of hydrogen-bond donors (Lipinski definition) is 1. The molecule has 2 bridgehead atoms. The third kappa shape index (κ3) is 5.27. The smallest absolute Gasteiger partial charge is 0.248 e. The molecule has 7 rings (SSSR count). The monoisotopic (exact) mass is 676 g/mol. The number of anilines is 1. The van der Waals surface area contributed by atoms with Gasteiger partial charge in [-0.1, -0.05) is 78.0 Å². The van der Waals surface area contributed by atoms with Gasteiger partial charge in [0.15, 0.2) is 0 Å². The summed E-state index contributed by atoms with van der Waals surface area (Å²) in [6.07, 6.45) is 4.59. The van der Waals surface area contributed by atoms with Gasteiger partial charge in [-0.2, -0.15) is 0 Å². The van der Waals surface area contributed by atoms with Crippen molar-refractivity contribution in [1.29, 1.82) is 0 Å². The van der Waals surface area contributed by atoms with Crippen molar-refractivity contribution < 1.29 is 19.5 Å². The Balaban J connectivity index is 1.34. The maximum atomic E-state index is 15.2. The lowest BCUT2D eigenvalue weighted by Crippen LogP contribution is -2.56. The molecule has 4 aromatic rings. The Hall–Kier alpha value is -4.74. The van der Waals surface area contributed by atoms with E-state index in [-0.39, 0.29) is 44.1 Å². The Labute approximate surface area is 290 Å². The van der Waals surface area contributed by atoms with Crippen LogP contribution in [0.25, 0.3) is 11.0 Å². The number of hydrogen-bond acceptors (Lipinski definition) is 7. The van der Waals surface area contributed by atoms with Crippen molar-refractivity contribution in [3.63, 3.8) is 0 Å². The van der Waals surface area contributed by atoms with Gasteiger partial charge in [0.05, 0.1) is 34.7 Å². The number of aromatic nitrogens is 3. The minimum Gasteiger partial charge on any atom is -0.394 e. The number of benzene rings is 3. The highest BCUT2D eigenvalue weighted by Gasteiger charge is 2.78. The maximum Gasteiger partial charge on any atom is 0.248 e. The second-order valence-corrected chi connectivity index (χ2v) is 15.1. The third-order valence-electron chi connectivity index (χ3n) is 10.4. The normalized spacial score (nSPS) is 26.0. The highest BCUT2D eigenvalue weighted by atomic mass is 32.2. The Kier molecular flexibility index (Phi) is 8.66. The number of rotatable bonds is 12. The summed E-state index contributed by atoms with van der Waals surface area (Å²) >= 11 is 1.61. The van der Waals surface area contributed by atoms with Crippen molar-refractivity contribution in [2.24, 2.45) is 11.8 Å². The molecule has 3 aromatic carbocycles. The van der Waals surface area contributed by atoms with Crippen LogP contribution in [-0.4, -0.2) is 82.9 Å². The van der Waals surface area contributed by atoms with Crippen molar-refractivity contribution >= 4 is 46.2 Å². The largest absolute Gasteiger partial charge is 0.394 e. The first-order chi connectivity index (χ1) is 23.8. The van der Waals surface area contributed by atoms with Crippen LogP contribution < -0.4 is 4.90 Å². The minimum absolute atomic E-state index is 0.0885. The number of nitrogens with zero attached hydrogens (tertiary/aromatic N) is 6. The van der Waals surface area contributed by atoms with Gasteiger partial charge >= 0.3 is 0 Å².